The van der Waals surface area contributed by atoms with Gasteiger partial charge in [0.15, 0.2) is 0 Å². The van der Waals surface area contributed by atoms with Gasteiger partial charge in [0.05, 0.1) is 12.7 Å². The molecule has 0 aliphatic heterocycles. The average molecular weight is 266 g/mol. The fraction of sp³-hybridized carbons (Fsp3) is 1.00. The highest BCUT2D eigenvalue weighted by Crippen LogP contribution is 2.39. The lowest BCUT2D eigenvalue weighted by Gasteiger charge is -2.41. The van der Waals surface area contributed by atoms with Crippen LogP contribution in [0.5, 0.6) is 0 Å². The highest BCUT2D eigenvalue weighted by atomic mass is 19.3. The molecule has 18 heavy (non-hydrogen) atoms. The van der Waals surface area contributed by atoms with Crippen LogP contribution in [0.2, 0.25) is 0 Å². The highest BCUT2D eigenvalue weighted by Gasteiger charge is 2.58. The molecule has 108 valence electrons. The molecule has 1 fully saturated rings. The van der Waals surface area contributed by atoms with Gasteiger partial charge in [0.2, 0.25) is 0 Å². The molecule has 0 aromatic heterocycles. The lowest BCUT2D eigenvalue weighted by Crippen LogP contribution is -2.60. The molecule has 5 nitrogen and oxygen atoms in total. The van der Waals surface area contributed by atoms with Crippen LogP contribution in [0.1, 0.15) is 40.0 Å². The Morgan fingerprint density at radius 3 is 2.28 bits per heavy atom. The Labute approximate surface area is 107 Å². The van der Waals surface area contributed by atoms with E-state index in [1.165, 1.54) is 14.0 Å². The van der Waals surface area contributed by atoms with E-state index in [-0.39, 0.29) is 12.7 Å². The van der Waals surface area contributed by atoms with Crippen molar-refractivity contribution in [2.45, 2.75) is 57.9 Å². The molecule has 0 aromatic rings. The third kappa shape index (κ3) is 3.39. The number of rotatable bonds is 10. The summed E-state index contributed by atoms with van der Waals surface area (Å²) >= 11 is 0. The van der Waals surface area contributed by atoms with Gasteiger partial charge in [-0.1, -0.05) is 6.92 Å². The van der Waals surface area contributed by atoms with E-state index in [1.807, 2.05) is 6.92 Å². The zero-order chi connectivity index (χ0) is 13.6. The summed E-state index contributed by atoms with van der Waals surface area (Å²) in [5.74, 6) is -3.44. The summed E-state index contributed by atoms with van der Waals surface area (Å²) in [5.41, 5.74) is 0. The van der Waals surface area contributed by atoms with Crippen molar-refractivity contribution in [2.24, 2.45) is 0 Å². The molecule has 0 aromatic carbocycles. The van der Waals surface area contributed by atoms with Crippen molar-refractivity contribution in [3.05, 3.63) is 0 Å². The van der Waals surface area contributed by atoms with Crippen molar-refractivity contribution in [3.8, 4) is 0 Å². The molecule has 0 saturated heterocycles. The van der Waals surface area contributed by atoms with Crippen LogP contribution in [-0.2, 0) is 23.9 Å². The fourth-order valence-corrected chi connectivity index (χ4v) is 1.68. The third-order valence-electron chi connectivity index (χ3n) is 2.72. The van der Waals surface area contributed by atoms with Gasteiger partial charge in [-0.05, 0) is 30.7 Å². The number of methoxy groups -OCH3 is 1. The van der Waals surface area contributed by atoms with Crippen LogP contribution >= 0.6 is 0 Å². The minimum absolute atomic E-state index is 0.0362. The SMILES string of the molecule is CCCOC(OC)(OCC)C(C)(OF)OC1CC1. The van der Waals surface area contributed by atoms with Crippen molar-refractivity contribution in [1.29, 1.82) is 0 Å². The van der Waals surface area contributed by atoms with Gasteiger partial charge in [-0.2, -0.15) is 0 Å². The summed E-state index contributed by atoms with van der Waals surface area (Å²) in [7, 11) is 1.37. The predicted octanol–water partition coefficient (Wildman–Crippen LogP) is 2.55. The van der Waals surface area contributed by atoms with Crippen LogP contribution < -0.4 is 0 Å². The van der Waals surface area contributed by atoms with Gasteiger partial charge in [0.25, 0.3) is 5.79 Å². The maximum absolute atomic E-state index is 13.0. The van der Waals surface area contributed by atoms with Crippen molar-refractivity contribution in [2.75, 3.05) is 20.3 Å². The summed E-state index contributed by atoms with van der Waals surface area (Å²) in [6.07, 6.45) is 2.45. The fourth-order valence-electron chi connectivity index (χ4n) is 1.68. The summed E-state index contributed by atoms with van der Waals surface area (Å²) in [4.78, 5) is 4.00. The molecule has 2 atom stereocenters. The van der Waals surface area contributed by atoms with Gasteiger partial charge in [-0.15, -0.1) is 4.94 Å². The molecule has 0 spiro atoms. The van der Waals surface area contributed by atoms with Gasteiger partial charge < -0.3 is 18.9 Å². The van der Waals surface area contributed by atoms with Crippen molar-refractivity contribution >= 4 is 0 Å². The summed E-state index contributed by atoms with van der Waals surface area (Å²) in [6, 6.07) is 0. The van der Waals surface area contributed by atoms with Crippen molar-refractivity contribution in [3.63, 3.8) is 0 Å². The first-order valence-corrected chi connectivity index (χ1v) is 6.38. The zero-order valence-electron chi connectivity index (χ0n) is 11.5. The first kappa shape index (κ1) is 15.8. The largest absolute Gasteiger partial charge is 0.343 e. The molecule has 0 amide bonds. The standard InChI is InChI=1S/C12H23FO5/c1-5-9-16-12(14-4,15-6-2)11(3,18-13)17-10-7-8-10/h10H,5-9H2,1-4H3. The molecule has 0 bridgehead atoms. The smallest absolute Gasteiger partial charge is 0.338 e. The minimum Gasteiger partial charge on any atom is -0.338 e. The summed E-state index contributed by atoms with van der Waals surface area (Å²) in [5, 5.41) is 0. The molecule has 0 heterocycles. The minimum atomic E-state index is -1.74. The second-order valence-corrected chi connectivity index (χ2v) is 4.38. The van der Waals surface area contributed by atoms with Gasteiger partial charge in [-0.3, -0.25) is 0 Å². The topological polar surface area (TPSA) is 46.2 Å². The van der Waals surface area contributed by atoms with Gasteiger partial charge in [0, 0.05) is 20.6 Å². The Morgan fingerprint density at radius 2 is 1.89 bits per heavy atom. The van der Waals surface area contributed by atoms with Crippen molar-refractivity contribution in [1.82, 2.24) is 0 Å². The van der Waals surface area contributed by atoms with Crippen LogP contribution in [-0.4, -0.2) is 38.2 Å². The van der Waals surface area contributed by atoms with E-state index in [0.717, 1.165) is 19.3 Å². The number of hydrogen-bond acceptors (Lipinski definition) is 5. The average Bonchev–Trinajstić information content (AvgIpc) is 3.18. The normalized spacial score (nSPS) is 22.5. The number of halogens is 1. The van der Waals surface area contributed by atoms with Crippen molar-refractivity contribution < 1.29 is 28.4 Å². The molecule has 0 radical (unpaired) electrons. The molecule has 0 N–H and O–H groups in total. The molecular weight excluding hydrogens is 243 g/mol. The van der Waals surface area contributed by atoms with Crippen LogP contribution in [0.4, 0.5) is 4.53 Å². The molecule has 1 aliphatic rings. The second kappa shape index (κ2) is 6.77. The Morgan fingerprint density at radius 1 is 1.22 bits per heavy atom. The van der Waals surface area contributed by atoms with E-state index < -0.39 is 11.8 Å². The first-order chi connectivity index (χ1) is 8.57. The Bertz CT molecular complexity index is 249. The number of ether oxygens (including phenoxy) is 4. The first-order valence-electron chi connectivity index (χ1n) is 6.38. The zero-order valence-corrected chi connectivity index (χ0v) is 11.5. The molecule has 2 unspecified atom stereocenters. The Balaban J connectivity index is 2.86. The molecular formula is C12H23FO5. The van der Waals surface area contributed by atoms with E-state index in [1.54, 1.807) is 6.92 Å². The Kier molecular flexibility index (Phi) is 5.94. The van der Waals surface area contributed by atoms with E-state index in [2.05, 4.69) is 4.94 Å². The molecule has 1 saturated carbocycles. The van der Waals surface area contributed by atoms with Gasteiger partial charge >= 0.3 is 5.97 Å². The quantitative estimate of drug-likeness (QED) is 0.569. The third-order valence-corrected chi connectivity index (χ3v) is 2.72. The van der Waals surface area contributed by atoms with Crippen LogP contribution in [0.3, 0.4) is 0 Å². The van der Waals surface area contributed by atoms with E-state index in [4.69, 9.17) is 18.9 Å². The molecule has 6 heteroatoms. The lowest BCUT2D eigenvalue weighted by molar-refractivity contribution is -0.520. The van der Waals surface area contributed by atoms with E-state index in [9.17, 15) is 4.53 Å². The summed E-state index contributed by atoms with van der Waals surface area (Å²) < 4.78 is 34.7. The highest BCUT2D eigenvalue weighted by molar-refractivity contribution is 4.83. The predicted molar refractivity (Wildman–Crippen MR) is 62.3 cm³/mol. The summed E-state index contributed by atoms with van der Waals surface area (Å²) in [6.45, 7) is 5.74. The van der Waals surface area contributed by atoms with Crippen LogP contribution in [0.15, 0.2) is 0 Å². The molecule has 1 rings (SSSR count). The van der Waals surface area contributed by atoms with E-state index >= 15 is 0 Å². The van der Waals surface area contributed by atoms with Crippen LogP contribution in [0, 0.1) is 0 Å². The lowest BCUT2D eigenvalue weighted by atomic mass is 10.2. The monoisotopic (exact) mass is 266 g/mol. The van der Waals surface area contributed by atoms with Crippen LogP contribution in [0.25, 0.3) is 0 Å². The maximum Gasteiger partial charge on any atom is 0.343 e. The second-order valence-electron chi connectivity index (χ2n) is 4.38. The van der Waals surface area contributed by atoms with E-state index in [0.29, 0.717) is 6.61 Å². The number of hydrogen-bond donors (Lipinski definition) is 0. The Hall–Kier alpha value is -0.270. The van der Waals surface area contributed by atoms with Gasteiger partial charge in [-0.25, -0.2) is 0 Å². The maximum atomic E-state index is 13.0. The molecule has 1 aliphatic carbocycles. The van der Waals surface area contributed by atoms with Gasteiger partial charge in [0.1, 0.15) is 0 Å².